The molecule has 0 aromatic heterocycles. The zero-order chi connectivity index (χ0) is 22.1. The highest BCUT2D eigenvalue weighted by atomic mass is 16.4. The van der Waals surface area contributed by atoms with Gasteiger partial charge in [-0.1, -0.05) is 24.3 Å². The predicted octanol–water partition coefficient (Wildman–Crippen LogP) is 2.15. The Kier molecular flexibility index (Phi) is 5.46. The maximum absolute atomic E-state index is 12.1. The van der Waals surface area contributed by atoms with Gasteiger partial charge < -0.3 is 20.0 Å². The Balaban J connectivity index is 1.40. The number of carbonyl (C=O) groups excluding carboxylic acids is 2. The Morgan fingerprint density at radius 3 is 1.35 bits per heavy atom. The van der Waals surface area contributed by atoms with Gasteiger partial charge in [0, 0.05) is 37.3 Å². The average molecular weight is 422 g/mol. The lowest BCUT2D eigenvalue weighted by molar-refractivity contribution is -0.142. The van der Waals surface area contributed by atoms with E-state index in [9.17, 15) is 19.2 Å². The van der Waals surface area contributed by atoms with Crippen molar-refractivity contribution in [1.82, 2.24) is 0 Å². The Bertz CT molecular complexity index is 948. The number of hydrogen-bond acceptors (Lipinski definition) is 4. The van der Waals surface area contributed by atoms with Gasteiger partial charge in [-0.15, -0.1) is 0 Å². The van der Waals surface area contributed by atoms with E-state index in [2.05, 4.69) is 0 Å². The van der Waals surface area contributed by atoms with E-state index in [1.54, 1.807) is 0 Å². The third-order valence-electron chi connectivity index (χ3n) is 5.85. The molecule has 2 aromatic carbocycles. The fraction of sp³-hybridized carbons (Fsp3) is 0.304. The van der Waals surface area contributed by atoms with Crippen LogP contribution in [-0.4, -0.2) is 47.1 Å². The lowest BCUT2D eigenvalue weighted by Gasteiger charge is -2.17. The highest BCUT2D eigenvalue weighted by Crippen LogP contribution is 2.28. The summed E-state index contributed by atoms with van der Waals surface area (Å²) in [6.45, 7) is 0.375. The summed E-state index contributed by atoms with van der Waals surface area (Å²) in [5, 5.41) is 18.2. The van der Waals surface area contributed by atoms with E-state index >= 15 is 0 Å². The smallest absolute Gasteiger partial charge is 0.308 e. The van der Waals surface area contributed by atoms with Crippen molar-refractivity contribution in [2.75, 3.05) is 22.9 Å². The van der Waals surface area contributed by atoms with Gasteiger partial charge in [-0.25, -0.2) is 0 Å². The minimum absolute atomic E-state index is 0.0240. The number of aliphatic carboxylic acids is 2. The number of amides is 2. The van der Waals surface area contributed by atoms with Crippen molar-refractivity contribution in [2.45, 2.75) is 19.3 Å². The highest BCUT2D eigenvalue weighted by molar-refractivity contribution is 6.00. The van der Waals surface area contributed by atoms with Gasteiger partial charge in [-0.2, -0.15) is 0 Å². The van der Waals surface area contributed by atoms with Gasteiger partial charge in [0.1, 0.15) is 0 Å². The molecule has 0 radical (unpaired) electrons. The van der Waals surface area contributed by atoms with Crippen LogP contribution in [0, 0.1) is 11.8 Å². The Hall–Kier alpha value is -3.68. The van der Waals surface area contributed by atoms with Crippen molar-refractivity contribution in [3.63, 3.8) is 0 Å². The fourth-order valence-corrected chi connectivity index (χ4v) is 4.07. The molecule has 0 saturated carbocycles. The molecule has 2 unspecified atom stereocenters. The molecule has 2 fully saturated rings. The largest absolute Gasteiger partial charge is 0.481 e. The van der Waals surface area contributed by atoms with E-state index in [-0.39, 0.29) is 37.7 Å². The van der Waals surface area contributed by atoms with Gasteiger partial charge in [0.25, 0.3) is 0 Å². The number of hydrogen-bond donors (Lipinski definition) is 2. The number of anilines is 2. The molecular formula is C23H22N2O6. The molecule has 2 N–H and O–H groups in total. The van der Waals surface area contributed by atoms with Crippen molar-refractivity contribution >= 4 is 35.1 Å². The average Bonchev–Trinajstić information content (AvgIpc) is 3.32. The van der Waals surface area contributed by atoms with Crippen LogP contribution in [-0.2, 0) is 25.6 Å². The molecule has 2 heterocycles. The molecule has 160 valence electrons. The Morgan fingerprint density at radius 2 is 1.06 bits per heavy atom. The number of nitrogens with zero attached hydrogens (tertiary/aromatic N) is 2. The number of carbonyl (C=O) groups is 4. The third-order valence-corrected chi connectivity index (χ3v) is 5.85. The van der Waals surface area contributed by atoms with Gasteiger partial charge >= 0.3 is 11.9 Å². The minimum Gasteiger partial charge on any atom is -0.481 e. The molecule has 8 heteroatoms. The number of carboxylic acid groups (broad SMARTS) is 2. The van der Waals surface area contributed by atoms with E-state index in [1.807, 2.05) is 48.5 Å². The van der Waals surface area contributed by atoms with Gasteiger partial charge in [0.05, 0.1) is 11.8 Å². The normalized spacial score (nSPS) is 21.0. The molecule has 2 aromatic rings. The summed E-state index contributed by atoms with van der Waals surface area (Å²) in [4.78, 5) is 49.4. The number of benzene rings is 2. The maximum Gasteiger partial charge on any atom is 0.308 e. The first-order valence-electron chi connectivity index (χ1n) is 10.1. The number of rotatable bonds is 6. The van der Waals surface area contributed by atoms with Gasteiger partial charge in [-0.3, -0.25) is 19.2 Å². The van der Waals surface area contributed by atoms with E-state index in [1.165, 1.54) is 9.80 Å². The predicted molar refractivity (Wildman–Crippen MR) is 112 cm³/mol. The van der Waals surface area contributed by atoms with Crippen LogP contribution in [0.3, 0.4) is 0 Å². The first-order chi connectivity index (χ1) is 14.8. The second-order valence-corrected chi connectivity index (χ2v) is 8.00. The van der Waals surface area contributed by atoms with E-state index in [4.69, 9.17) is 10.2 Å². The van der Waals surface area contributed by atoms with Crippen molar-refractivity contribution in [3.8, 4) is 0 Å². The van der Waals surface area contributed by atoms with E-state index in [0.717, 1.165) is 11.1 Å². The van der Waals surface area contributed by atoms with Crippen molar-refractivity contribution in [2.24, 2.45) is 11.8 Å². The minimum atomic E-state index is -0.954. The highest BCUT2D eigenvalue weighted by Gasteiger charge is 2.35. The standard InChI is InChI=1S/C23H22N2O6/c26-20-10-16(22(28)29)12-24(20)18-5-1-14(2-6-18)9-15-3-7-19(8-4-15)25-13-17(23(30)31)11-21(25)27/h1-8,16-17H,9-13H2,(H,28,29)(H,30,31). The zero-order valence-electron chi connectivity index (χ0n) is 16.7. The second kappa shape index (κ2) is 8.22. The SMILES string of the molecule is O=C(O)C1CC(=O)N(c2ccc(Cc3ccc(N4CC(C(=O)O)CC4=O)cc3)cc2)C1. The summed E-state index contributed by atoms with van der Waals surface area (Å²) >= 11 is 0. The topological polar surface area (TPSA) is 115 Å². The molecule has 2 aliphatic heterocycles. The van der Waals surface area contributed by atoms with Gasteiger partial charge in [0.2, 0.25) is 11.8 Å². The Morgan fingerprint density at radius 1 is 0.710 bits per heavy atom. The molecule has 0 aliphatic carbocycles. The molecule has 2 aliphatic rings. The van der Waals surface area contributed by atoms with E-state index in [0.29, 0.717) is 17.8 Å². The molecule has 4 rings (SSSR count). The van der Waals surface area contributed by atoms with Crippen LogP contribution in [0.5, 0.6) is 0 Å². The third kappa shape index (κ3) is 4.28. The quantitative estimate of drug-likeness (QED) is 0.737. The monoisotopic (exact) mass is 422 g/mol. The van der Waals surface area contributed by atoms with Crippen LogP contribution >= 0.6 is 0 Å². The lowest BCUT2D eigenvalue weighted by Crippen LogP contribution is -2.25. The summed E-state index contributed by atoms with van der Waals surface area (Å²) < 4.78 is 0. The van der Waals surface area contributed by atoms with Crippen LogP contribution in [0.1, 0.15) is 24.0 Å². The lowest BCUT2D eigenvalue weighted by atomic mass is 10.0. The summed E-state index contributed by atoms with van der Waals surface area (Å²) in [7, 11) is 0. The molecule has 31 heavy (non-hydrogen) atoms. The summed E-state index contributed by atoms with van der Waals surface area (Å²) in [5.74, 6) is -3.61. The van der Waals surface area contributed by atoms with Crippen molar-refractivity contribution < 1.29 is 29.4 Å². The fourth-order valence-electron chi connectivity index (χ4n) is 4.07. The first kappa shape index (κ1) is 20.6. The number of carboxylic acids is 2. The van der Waals surface area contributed by atoms with Crippen molar-refractivity contribution in [3.05, 3.63) is 59.7 Å². The summed E-state index contributed by atoms with van der Waals surface area (Å²) in [6.07, 6.45) is 0.699. The Labute approximate surface area is 178 Å². The van der Waals surface area contributed by atoms with E-state index < -0.39 is 23.8 Å². The maximum atomic E-state index is 12.1. The second-order valence-electron chi connectivity index (χ2n) is 8.00. The van der Waals surface area contributed by atoms with Gasteiger partial charge in [-0.05, 0) is 41.8 Å². The van der Waals surface area contributed by atoms with Gasteiger partial charge in [0.15, 0.2) is 0 Å². The molecule has 8 nitrogen and oxygen atoms in total. The van der Waals surface area contributed by atoms with Crippen LogP contribution in [0.4, 0.5) is 11.4 Å². The first-order valence-corrected chi connectivity index (χ1v) is 10.1. The molecular weight excluding hydrogens is 400 g/mol. The van der Waals surface area contributed by atoms with Crippen LogP contribution in [0.15, 0.2) is 48.5 Å². The summed E-state index contributed by atoms with van der Waals surface area (Å²) in [5.41, 5.74) is 3.43. The van der Waals surface area contributed by atoms with Crippen LogP contribution in [0.25, 0.3) is 0 Å². The van der Waals surface area contributed by atoms with Crippen LogP contribution < -0.4 is 9.80 Å². The summed E-state index contributed by atoms with van der Waals surface area (Å²) in [6, 6.07) is 14.9. The van der Waals surface area contributed by atoms with Crippen LogP contribution in [0.2, 0.25) is 0 Å². The molecule has 2 saturated heterocycles. The molecule has 0 spiro atoms. The molecule has 2 atom stereocenters. The zero-order valence-corrected chi connectivity index (χ0v) is 16.7. The molecule has 2 amide bonds. The molecule has 0 bridgehead atoms. The van der Waals surface area contributed by atoms with Crippen molar-refractivity contribution in [1.29, 1.82) is 0 Å².